The van der Waals surface area contributed by atoms with E-state index in [1.165, 1.54) is 20.6 Å². The summed E-state index contributed by atoms with van der Waals surface area (Å²) in [5.41, 5.74) is 0.261. The van der Waals surface area contributed by atoms with Crippen molar-refractivity contribution in [3.8, 4) is 11.5 Å². The molecule has 6 heteroatoms. The Morgan fingerprint density at radius 3 is 2.58 bits per heavy atom. The van der Waals surface area contributed by atoms with Crippen molar-refractivity contribution in [3.05, 3.63) is 23.8 Å². The lowest BCUT2D eigenvalue weighted by molar-refractivity contribution is -0.125. The highest BCUT2D eigenvalue weighted by atomic mass is 16.5. The zero-order valence-electron chi connectivity index (χ0n) is 14.5. The molecule has 1 aromatic rings. The molecule has 2 rings (SSSR count). The van der Waals surface area contributed by atoms with Gasteiger partial charge in [-0.25, -0.2) is 4.79 Å². The lowest BCUT2D eigenvalue weighted by Gasteiger charge is -2.29. The molecule has 1 aliphatic carbocycles. The molecule has 6 nitrogen and oxygen atoms in total. The molecule has 0 unspecified atom stereocenters. The minimum absolute atomic E-state index is 0.167. The summed E-state index contributed by atoms with van der Waals surface area (Å²) in [6.45, 7) is 1.84. The van der Waals surface area contributed by atoms with Crippen molar-refractivity contribution >= 4 is 11.9 Å². The van der Waals surface area contributed by atoms with E-state index in [4.69, 9.17) is 14.2 Å². The van der Waals surface area contributed by atoms with Crippen LogP contribution in [-0.2, 0) is 9.53 Å². The number of carbonyl (C=O) groups excluding carboxylic acids is 2. The number of ether oxygens (including phenoxy) is 3. The maximum absolute atomic E-state index is 12.2. The topological polar surface area (TPSA) is 73.9 Å². The van der Waals surface area contributed by atoms with Crippen LogP contribution in [-0.4, -0.2) is 38.7 Å². The quantitative estimate of drug-likeness (QED) is 0.809. The molecule has 1 fully saturated rings. The molecule has 0 saturated heterocycles. The summed E-state index contributed by atoms with van der Waals surface area (Å²) in [4.78, 5) is 24.2. The summed E-state index contributed by atoms with van der Waals surface area (Å²) in [6, 6.07) is 4.96. The number of rotatable bonds is 6. The van der Waals surface area contributed by atoms with Gasteiger partial charge in [-0.05, 0) is 30.9 Å². The monoisotopic (exact) mass is 335 g/mol. The number of nitrogens with one attached hydrogen (secondary N) is 1. The van der Waals surface area contributed by atoms with Gasteiger partial charge in [-0.15, -0.1) is 0 Å². The van der Waals surface area contributed by atoms with Crippen LogP contribution in [0, 0.1) is 5.92 Å². The van der Waals surface area contributed by atoms with Gasteiger partial charge in [0.2, 0.25) is 0 Å². The minimum atomic E-state index is -0.596. The van der Waals surface area contributed by atoms with Crippen LogP contribution in [0.5, 0.6) is 11.5 Å². The van der Waals surface area contributed by atoms with Crippen LogP contribution >= 0.6 is 0 Å². The van der Waals surface area contributed by atoms with Crippen molar-refractivity contribution in [2.45, 2.75) is 38.6 Å². The van der Waals surface area contributed by atoms with Crippen molar-refractivity contribution in [2.75, 3.05) is 20.8 Å². The van der Waals surface area contributed by atoms with Gasteiger partial charge < -0.3 is 19.5 Å². The Labute approximate surface area is 142 Å². The predicted octanol–water partition coefficient (Wildman–Crippen LogP) is 2.56. The fraction of sp³-hybridized carbons (Fsp3) is 0.556. The van der Waals surface area contributed by atoms with Gasteiger partial charge >= 0.3 is 5.97 Å². The van der Waals surface area contributed by atoms with E-state index in [1.807, 2.05) is 0 Å². The molecule has 0 aliphatic heterocycles. The Balaban J connectivity index is 1.89. The Morgan fingerprint density at radius 1 is 1.17 bits per heavy atom. The Hall–Kier alpha value is -2.24. The number of methoxy groups -OCH3 is 2. The van der Waals surface area contributed by atoms with Crippen LogP contribution in [0.25, 0.3) is 0 Å². The molecular weight excluding hydrogens is 310 g/mol. The van der Waals surface area contributed by atoms with Gasteiger partial charge in [-0.2, -0.15) is 0 Å². The van der Waals surface area contributed by atoms with E-state index < -0.39 is 5.97 Å². The fourth-order valence-corrected chi connectivity index (χ4v) is 2.96. The summed E-state index contributed by atoms with van der Waals surface area (Å²) in [5, 5.41) is 2.95. The van der Waals surface area contributed by atoms with Crippen molar-refractivity contribution < 1.29 is 23.8 Å². The third-order valence-electron chi connectivity index (χ3n) is 4.42. The first-order valence-corrected chi connectivity index (χ1v) is 8.23. The highest BCUT2D eigenvalue weighted by Gasteiger charge is 2.23. The van der Waals surface area contributed by atoms with Crippen LogP contribution in [0.2, 0.25) is 0 Å². The standard InChI is InChI=1S/C18H25NO5/c1-12-6-4-5-7-15(12)19-17(20)11-24-18(21)14-9-8-13(22-2)10-16(14)23-3/h8-10,12,15H,4-7,11H2,1-3H3,(H,19,20)/t12-,15-/m0/s1. The van der Waals surface area contributed by atoms with Crippen molar-refractivity contribution in [1.82, 2.24) is 5.32 Å². The normalized spacial score (nSPS) is 20.1. The molecule has 1 N–H and O–H groups in total. The van der Waals surface area contributed by atoms with E-state index >= 15 is 0 Å². The van der Waals surface area contributed by atoms with Gasteiger partial charge in [0.15, 0.2) is 6.61 Å². The largest absolute Gasteiger partial charge is 0.497 e. The maximum atomic E-state index is 12.2. The number of esters is 1. The molecule has 1 aliphatic rings. The third kappa shape index (κ3) is 4.63. The Bertz CT molecular complexity index is 587. The summed E-state index contributed by atoms with van der Waals surface area (Å²) in [6.07, 6.45) is 4.43. The second-order valence-electron chi connectivity index (χ2n) is 6.08. The van der Waals surface area contributed by atoms with Crippen LogP contribution in [0.15, 0.2) is 18.2 Å². The number of hydrogen-bond acceptors (Lipinski definition) is 5. The molecule has 0 aromatic heterocycles. The number of carbonyl (C=O) groups is 2. The molecule has 1 aromatic carbocycles. The average Bonchev–Trinajstić information content (AvgIpc) is 2.61. The van der Waals surface area contributed by atoms with E-state index in [1.54, 1.807) is 18.2 Å². The van der Waals surface area contributed by atoms with Crippen molar-refractivity contribution in [1.29, 1.82) is 0 Å². The maximum Gasteiger partial charge on any atom is 0.342 e. The van der Waals surface area contributed by atoms with Crippen LogP contribution in [0.4, 0.5) is 0 Å². The molecule has 0 heterocycles. The van der Waals surface area contributed by atoms with Gasteiger partial charge in [0.05, 0.1) is 14.2 Å². The van der Waals surface area contributed by atoms with E-state index in [2.05, 4.69) is 12.2 Å². The fourth-order valence-electron chi connectivity index (χ4n) is 2.96. The van der Waals surface area contributed by atoms with Gasteiger partial charge in [-0.3, -0.25) is 4.79 Å². The smallest absolute Gasteiger partial charge is 0.342 e. The second kappa shape index (κ2) is 8.57. The molecule has 0 spiro atoms. The number of benzene rings is 1. The van der Waals surface area contributed by atoms with Gasteiger partial charge in [-0.1, -0.05) is 19.8 Å². The first kappa shape index (κ1) is 18.1. The van der Waals surface area contributed by atoms with E-state index in [9.17, 15) is 9.59 Å². The van der Waals surface area contributed by atoms with Crippen LogP contribution < -0.4 is 14.8 Å². The van der Waals surface area contributed by atoms with Crippen LogP contribution in [0.3, 0.4) is 0 Å². The molecule has 1 amide bonds. The molecule has 0 bridgehead atoms. The zero-order chi connectivity index (χ0) is 17.5. The van der Waals surface area contributed by atoms with Crippen LogP contribution in [0.1, 0.15) is 43.0 Å². The van der Waals surface area contributed by atoms with E-state index in [-0.39, 0.29) is 24.1 Å². The van der Waals surface area contributed by atoms with Gasteiger partial charge in [0, 0.05) is 12.1 Å². The second-order valence-corrected chi connectivity index (χ2v) is 6.08. The first-order chi connectivity index (χ1) is 11.5. The highest BCUT2D eigenvalue weighted by molar-refractivity contribution is 5.94. The summed E-state index contributed by atoms with van der Waals surface area (Å²) in [5.74, 6) is 0.518. The predicted molar refractivity (Wildman–Crippen MR) is 89.4 cm³/mol. The van der Waals surface area contributed by atoms with Crippen molar-refractivity contribution in [2.24, 2.45) is 5.92 Å². The van der Waals surface area contributed by atoms with Gasteiger partial charge in [0.25, 0.3) is 5.91 Å². The third-order valence-corrected chi connectivity index (χ3v) is 4.42. The Kier molecular flexibility index (Phi) is 6.46. The molecular formula is C18H25NO5. The first-order valence-electron chi connectivity index (χ1n) is 8.23. The van der Waals surface area contributed by atoms with Crippen molar-refractivity contribution in [3.63, 3.8) is 0 Å². The number of hydrogen-bond donors (Lipinski definition) is 1. The summed E-state index contributed by atoms with van der Waals surface area (Å²) < 4.78 is 15.4. The summed E-state index contributed by atoms with van der Waals surface area (Å²) >= 11 is 0. The SMILES string of the molecule is COc1ccc(C(=O)OCC(=O)N[C@H]2CCCC[C@@H]2C)c(OC)c1. The average molecular weight is 335 g/mol. The Morgan fingerprint density at radius 2 is 1.92 bits per heavy atom. The molecule has 132 valence electrons. The lowest BCUT2D eigenvalue weighted by Crippen LogP contribution is -2.42. The zero-order valence-corrected chi connectivity index (χ0v) is 14.5. The van der Waals surface area contributed by atoms with Gasteiger partial charge in [0.1, 0.15) is 17.1 Å². The molecule has 24 heavy (non-hydrogen) atoms. The highest BCUT2D eigenvalue weighted by Crippen LogP contribution is 2.25. The molecule has 1 saturated carbocycles. The lowest BCUT2D eigenvalue weighted by atomic mass is 9.86. The molecule has 2 atom stereocenters. The number of amides is 1. The minimum Gasteiger partial charge on any atom is -0.497 e. The summed E-state index contributed by atoms with van der Waals surface area (Å²) in [7, 11) is 2.99. The molecule has 0 radical (unpaired) electrons. The van der Waals surface area contributed by atoms with E-state index in [0.29, 0.717) is 17.4 Å². The van der Waals surface area contributed by atoms with E-state index in [0.717, 1.165) is 19.3 Å².